The zero-order valence-electron chi connectivity index (χ0n) is 23.2. The van der Waals surface area contributed by atoms with Crippen molar-refractivity contribution in [2.75, 3.05) is 50.9 Å². The maximum absolute atomic E-state index is 6.16. The van der Waals surface area contributed by atoms with E-state index in [-0.39, 0.29) is 0 Å². The highest BCUT2D eigenvalue weighted by atomic mass is 15.2. The van der Waals surface area contributed by atoms with Crippen LogP contribution in [-0.4, -0.2) is 87.7 Å². The van der Waals surface area contributed by atoms with Gasteiger partial charge in [0.2, 0.25) is 5.95 Å². The number of piperidine rings is 1. The van der Waals surface area contributed by atoms with Crippen molar-refractivity contribution in [1.29, 1.82) is 0 Å². The molecule has 0 amide bonds. The molecule has 0 radical (unpaired) electrons. The molecule has 4 N–H and O–H groups in total. The lowest BCUT2D eigenvalue weighted by Crippen LogP contribution is -2.39. The van der Waals surface area contributed by atoms with Crippen LogP contribution in [0.5, 0.6) is 0 Å². The number of hydrogen-bond acceptors (Lipinski definition) is 8. The first-order chi connectivity index (χ1) is 18.0. The summed E-state index contributed by atoms with van der Waals surface area (Å²) < 4.78 is 2.32. The van der Waals surface area contributed by atoms with E-state index in [1.807, 2.05) is 6.33 Å². The summed E-state index contributed by atoms with van der Waals surface area (Å²) in [6.45, 7) is 4.73. The second kappa shape index (κ2) is 12.7. The summed E-state index contributed by atoms with van der Waals surface area (Å²) in [5.74, 6) is 1.64. The minimum atomic E-state index is 0.339. The Morgan fingerprint density at radius 3 is 2.35 bits per heavy atom. The molecule has 0 bridgehead atoms. The van der Waals surface area contributed by atoms with Gasteiger partial charge < -0.3 is 30.7 Å². The average molecular weight is 512 g/mol. The van der Waals surface area contributed by atoms with Crippen LogP contribution in [-0.2, 0) is 0 Å². The van der Waals surface area contributed by atoms with Crippen molar-refractivity contribution in [3.8, 4) is 0 Å². The van der Waals surface area contributed by atoms with Crippen LogP contribution in [0.25, 0.3) is 11.2 Å². The van der Waals surface area contributed by atoms with E-state index in [4.69, 9.17) is 20.7 Å². The zero-order chi connectivity index (χ0) is 25.6. The van der Waals surface area contributed by atoms with Crippen LogP contribution in [0.15, 0.2) is 6.33 Å². The second-order valence-electron chi connectivity index (χ2n) is 12.0. The van der Waals surface area contributed by atoms with E-state index in [1.54, 1.807) is 0 Å². The Hall–Kier alpha value is -1.97. The van der Waals surface area contributed by atoms with E-state index in [9.17, 15) is 0 Å². The molecule has 1 aliphatic heterocycles. The van der Waals surface area contributed by atoms with Crippen LogP contribution in [0.1, 0.15) is 89.5 Å². The van der Waals surface area contributed by atoms with Crippen molar-refractivity contribution in [2.24, 2.45) is 5.73 Å². The van der Waals surface area contributed by atoms with Gasteiger partial charge in [0.05, 0.1) is 6.33 Å². The van der Waals surface area contributed by atoms with Crippen molar-refractivity contribution < 1.29 is 0 Å². The van der Waals surface area contributed by atoms with Gasteiger partial charge in [0, 0.05) is 37.3 Å². The maximum Gasteiger partial charge on any atom is 0.227 e. The summed E-state index contributed by atoms with van der Waals surface area (Å²) >= 11 is 0. The number of aromatic nitrogens is 4. The first kappa shape index (κ1) is 26.6. The molecule has 9 nitrogen and oxygen atoms in total. The molecule has 1 saturated heterocycles. The Balaban J connectivity index is 1.23. The van der Waals surface area contributed by atoms with Gasteiger partial charge in [-0.1, -0.05) is 19.3 Å². The van der Waals surface area contributed by atoms with E-state index in [2.05, 4.69) is 39.1 Å². The van der Waals surface area contributed by atoms with Crippen LogP contribution < -0.4 is 16.4 Å². The van der Waals surface area contributed by atoms with E-state index in [0.717, 1.165) is 74.5 Å². The zero-order valence-corrected chi connectivity index (χ0v) is 23.2. The Bertz CT molecular complexity index is 967. The average Bonchev–Trinajstić information content (AvgIpc) is 3.56. The molecular formula is C28H49N9. The van der Waals surface area contributed by atoms with Gasteiger partial charge in [-0.3, -0.25) is 0 Å². The molecule has 9 heteroatoms. The first-order valence-electron chi connectivity index (χ1n) is 15.0. The van der Waals surface area contributed by atoms with Gasteiger partial charge in [0.1, 0.15) is 0 Å². The summed E-state index contributed by atoms with van der Waals surface area (Å²) in [7, 11) is 4.32. The molecule has 2 aromatic heterocycles. The number of anilines is 2. The van der Waals surface area contributed by atoms with Crippen molar-refractivity contribution in [3.63, 3.8) is 0 Å². The normalized spacial score (nSPS) is 24.3. The predicted molar refractivity (Wildman–Crippen MR) is 152 cm³/mol. The number of rotatable bonds is 11. The molecule has 0 aromatic carbocycles. The van der Waals surface area contributed by atoms with Crippen molar-refractivity contribution in [1.82, 2.24) is 29.3 Å². The quantitative estimate of drug-likeness (QED) is 0.386. The highest BCUT2D eigenvalue weighted by Crippen LogP contribution is 2.34. The van der Waals surface area contributed by atoms with Gasteiger partial charge in [-0.05, 0) is 91.4 Å². The van der Waals surface area contributed by atoms with Crippen LogP contribution in [0.4, 0.5) is 11.8 Å². The molecule has 0 atom stereocenters. The van der Waals surface area contributed by atoms with Crippen LogP contribution in [0.2, 0.25) is 0 Å². The van der Waals surface area contributed by atoms with E-state index >= 15 is 0 Å². The molecule has 2 saturated carbocycles. The number of nitrogens with zero attached hydrogens (tertiary/aromatic N) is 6. The third kappa shape index (κ3) is 7.12. The third-order valence-corrected chi connectivity index (χ3v) is 8.75. The molecule has 206 valence electrons. The number of nitrogens with one attached hydrogen (secondary N) is 2. The van der Waals surface area contributed by atoms with Gasteiger partial charge in [-0.15, -0.1) is 0 Å². The van der Waals surface area contributed by atoms with E-state index in [0.29, 0.717) is 24.2 Å². The minimum absolute atomic E-state index is 0.339. The summed E-state index contributed by atoms with van der Waals surface area (Å²) in [5.41, 5.74) is 8.05. The lowest BCUT2D eigenvalue weighted by Gasteiger charge is -2.32. The second-order valence-corrected chi connectivity index (χ2v) is 12.0. The molecule has 3 fully saturated rings. The molecule has 3 heterocycles. The fraction of sp³-hybridized carbons (Fsp3) is 0.821. The first-order valence-corrected chi connectivity index (χ1v) is 15.0. The maximum atomic E-state index is 6.16. The number of nitrogens with two attached hydrogens (primary N) is 1. The van der Waals surface area contributed by atoms with Gasteiger partial charge in [0.25, 0.3) is 0 Å². The molecule has 0 unspecified atom stereocenters. The number of hydrogen-bond donors (Lipinski definition) is 3. The molecule has 3 aliphatic rings. The number of imidazole rings is 1. The van der Waals surface area contributed by atoms with Crippen LogP contribution >= 0.6 is 0 Å². The Morgan fingerprint density at radius 2 is 1.62 bits per heavy atom. The molecule has 37 heavy (non-hydrogen) atoms. The monoisotopic (exact) mass is 511 g/mol. The smallest absolute Gasteiger partial charge is 0.227 e. The lowest BCUT2D eigenvalue weighted by atomic mass is 9.92. The third-order valence-electron chi connectivity index (χ3n) is 8.75. The largest absolute Gasteiger partial charge is 0.365 e. The molecule has 0 spiro atoms. The number of fused-ring (bicyclic) bond motifs is 1. The molecule has 2 aromatic rings. The van der Waals surface area contributed by atoms with Crippen molar-refractivity contribution in [3.05, 3.63) is 6.33 Å². The highest BCUT2D eigenvalue weighted by molar-refractivity contribution is 5.84. The summed E-state index contributed by atoms with van der Waals surface area (Å²) in [5, 5.41) is 7.46. The highest BCUT2D eigenvalue weighted by Gasteiger charge is 2.26. The number of likely N-dealkylation sites (tertiary alicyclic amines) is 1. The number of unbranched alkanes of at least 4 members (excludes halogenated alkanes) is 2. The van der Waals surface area contributed by atoms with Gasteiger partial charge in [0.15, 0.2) is 17.0 Å². The lowest BCUT2D eigenvalue weighted by molar-refractivity contribution is 0.213. The van der Waals surface area contributed by atoms with Gasteiger partial charge in [-0.2, -0.15) is 9.97 Å². The Labute approximate surface area is 223 Å². The van der Waals surface area contributed by atoms with Crippen molar-refractivity contribution >= 4 is 22.9 Å². The Morgan fingerprint density at radius 1 is 0.892 bits per heavy atom. The predicted octanol–water partition coefficient (Wildman–Crippen LogP) is 4.23. The molecular weight excluding hydrogens is 462 g/mol. The SMILES string of the molecule is CN(C)CCCCCN1CCC(Nc2nc(NC3CCC(N)CC3)c3ncn(C4CCCC4)c3n2)CC1. The van der Waals surface area contributed by atoms with Gasteiger partial charge in [-0.25, -0.2) is 4.98 Å². The fourth-order valence-electron chi connectivity index (χ4n) is 6.41. The molecule has 5 rings (SSSR count). The van der Waals surface area contributed by atoms with Gasteiger partial charge >= 0.3 is 0 Å². The van der Waals surface area contributed by atoms with E-state index < -0.39 is 0 Å². The standard InChI is InChI=1S/C28H49N9/c1-35(2)16-6-3-7-17-36-18-14-23(15-19-36)32-28-33-26(31-22-12-10-21(29)11-13-22)25-27(34-28)37(20-30-25)24-8-4-5-9-24/h20-24H,3-19,29H2,1-2H3,(H2,31,32,33,34). The van der Waals surface area contributed by atoms with Crippen LogP contribution in [0, 0.1) is 0 Å². The topological polar surface area (TPSA) is 100 Å². The van der Waals surface area contributed by atoms with Crippen LogP contribution in [0.3, 0.4) is 0 Å². The molecule has 2 aliphatic carbocycles. The summed E-state index contributed by atoms with van der Waals surface area (Å²) in [6, 6.07) is 1.68. The van der Waals surface area contributed by atoms with Crippen molar-refractivity contribution in [2.45, 2.75) is 108 Å². The fourth-order valence-corrected chi connectivity index (χ4v) is 6.41. The van der Waals surface area contributed by atoms with E-state index in [1.165, 1.54) is 58.0 Å². The summed E-state index contributed by atoms with van der Waals surface area (Å²) in [6.07, 6.45) is 17.6. The minimum Gasteiger partial charge on any atom is -0.365 e. The Kier molecular flexibility index (Phi) is 9.15. The summed E-state index contributed by atoms with van der Waals surface area (Å²) in [4.78, 5) is 19.8.